The zero-order valence-corrected chi connectivity index (χ0v) is 20.3. The number of likely N-dealkylation sites (N-methyl/N-ethyl adjacent to an activating group) is 1. The predicted octanol–water partition coefficient (Wildman–Crippen LogP) is 5.18. The fraction of sp³-hybridized carbons (Fsp3) is 0.269. The third-order valence-corrected chi connectivity index (χ3v) is 7.58. The number of rotatable bonds is 5. The number of allylic oxidation sites excluding steroid dienone is 1. The number of hydrogen-bond donors (Lipinski definition) is 2. The Balaban J connectivity index is 1.82. The second-order valence-electron chi connectivity index (χ2n) is 7.92. The molecule has 2 aliphatic heterocycles. The zero-order valence-electron chi connectivity index (χ0n) is 18.7. The second kappa shape index (κ2) is 9.91. The average molecular weight is 461 g/mol. The summed E-state index contributed by atoms with van der Waals surface area (Å²) in [5, 5.41) is 13.4. The average Bonchev–Trinajstić information content (AvgIpc) is 2.84. The number of nitrogens with two attached hydrogens (primary N) is 1. The van der Waals surface area contributed by atoms with Crippen molar-refractivity contribution >= 4 is 29.6 Å². The smallest absolute Gasteiger partial charge is 0.115 e. The molecule has 32 heavy (non-hydrogen) atoms. The molecule has 2 aromatic rings. The maximum atomic E-state index is 9.97. The van der Waals surface area contributed by atoms with Gasteiger partial charge in [-0.3, -0.25) is 4.90 Å². The van der Waals surface area contributed by atoms with Crippen LogP contribution in [0.1, 0.15) is 24.0 Å². The normalized spacial score (nSPS) is 20.2. The third-order valence-electron chi connectivity index (χ3n) is 6.09. The molecule has 0 radical (unpaired) electrons. The molecule has 0 aromatic heterocycles. The molecule has 164 valence electrons. The molecule has 6 heteroatoms. The number of nitrogens with zero attached hydrogens (tertiary/aromatic N) is 2. The zero-order chi connectivity index (χ0) is 22.7. The van der Waals surface area contributed by atoms with Crippen LogP contribution in [0, 0.1) is 11.3 Å². The summed E-state index contributed by atoms with van der Waals surface area (Å²) in [5.41, 5.74) is 12.8. The highest BCUT2D eigenvalue weighted by Crippen LogP contribution is 2.41. The van der Waals surface area contributed by atoms with Gasteiger partial charge in [0.05, 0.1) is 11.6 Å². The van der Waals surface area contributed by atoms with Crippen molar-refractivity contribution in [3.8, 4) is 6.07 Å². The lowest BCUT2D eigenvalue weighted by atomic mass is 9.78. The Morgan fingerprint density at radius 2 is 1.69 bits per heavy atom. The Morgan fingerprint density at radius 1 is 1.06 bits per heavy atom. The molecule has 3 N–H and O–H groups in total. The first-order valence-corrected chi connectivity index (χ1v) is 13.1. The molecule has 0 amide bonds. The standard InChI is InChI=1S/C26H28N4S2/c1-4-30-15-19(13-17-5-9-20(31-2)10-6-17)25-23(16-30)24(22(14-27)26(28)29-25)18-7-11-21(32-3)12-8-18/h5-13,24,29H,4,15-16,28H2,1-3H3/b19-13-/t24-/m0/s1. The van der Waals surface area contributed by atoms with Crippen LogP contribution in [0.2, 0.25) is 0 Å². The van der Waals surface area contributed by atoms with E-state index in [0.717, 1.165) is 30.9 Å². The van der Waals surface area contributed by atoms with Crippen molar-refractivity contribution in [2.45, 2.75) is 22.6 Å². The molecular weight excluding hydrogens is 432 g/mol. The number of benzene rings is 2. The van der Waals surface area contributed by atoms with E-state index in [4.69, 9.17) is 5.73 Å². The van der Waals surface area contributed by atoms with Crippen LogP contribution in [0.4, 0.5) is 0 Å². The summed E-state index contributed by atoms with van der Waals surface area (Å²) >= 11 is 3.46. The van der Waals surface area contributed by atoms with Gasteiger partial charge in [-0.25, -0.2) is 0 Å². The van der Waals surface area contributed by atoms with Crippen LogP contribution in [0.15, 0.2) is 86.6 Å². The molecule has 0 unspecified atom stereocenters. The molecule has 2 aromatic carbocycles. The van der Waals surface area contributed by atoms with Crippen molar-refractivity contribution in [1.29, 1.82) is 5.26 Å². The Bertz CT molecular complexity index is 1120. The number of nitriles is 1. The van der Waals surface area contributed by atoms with Crippen molar-refractivity contribution in [2.24, 2.45) is 5.73 Å². The van der Waals surface area contributed by atoms with E-state index in [1.54, 1.807) is 23.5 Å². The highest BCUT2D eigenvalue weighted by molar-refractivity contribution is 7.98. The van der Waals surface area contributed by atoms with Gasteiger partial charge in [0.25, 0.3) is 0 Å². The lowest BCUT2D eigenvalue weighted by Gasteiger charge is -2.39. The summed E-state index contributed by atoms with van der Waals surface area (Å²) in [6, 6.07) is 19.5. The first kappa shape index (κ1) is 22.6. The second-order valence-corrected chi connectivity index (χ2v) is 9.68. The van der Waals surface area contributed by atoms with Gasteiger partial charge in [-0.2, -0.15) is 5.26 Å². The van der Waals surface area contributed by atoms with Crippen LogP contribution in [0.25, 0.3) is 6.08 Å². The quantitative estimate of drug-likeness (QED) is 0.599. The monoisotopic (exact) mass is 460 g/mol. The number of thioether (sulfide) groups is 2. The topological polar surface area (TPSA) is 65.1 Å². The molecule has 0 saturated carbocycles. The molecular formula is C26H28N4S2. The maximum Gasteiger partial charge on any atom is 0.115 e. The molecule has 2 aliphatic rings. The van der Waals surface area contributed by atoms with Crippen molar-refractivity contribution in [3.63, 3.8) is 0 Å². The summed E-state index contributed by atoms with van der Waals surface area (Å²) in [4.78, 5) is 4.88. The fourth-order valence-corrected chi connectivity index (χ4v) is 5.18. The van der Waals surface area contributed by atoms with Crippen LogP contribution in [-0.2, 0) is 0 Å². The first-order chi connectivity index (χ1) is 15.6. The molecule has 0 aliphatic carbocycles. The molecule has 1 atom stereocenters. The molecule has 4 nitrogen and oxygen atoms in total. The lowest BCUT2D eigenvalue weighted by molar-refractivity contribution is 0.320. The van der Waals surface area contributed by atoms with Crippen LogP contribution in [0.3, 0.4) is 0 Å². The summed E-state index contributed by atoms with van der Waals surface area (Å²) in [7, 11) is 0. The number of nitrogens with one attached hydrogen (secondary N) is 1. The minimum Gasteiger partial charge on any atom is -0.384 e. The minimum absolute atomic E-state index is 0.135. The van der Waals surface area contributed by atoms with Crippen LogP contribution < -0.4 is 11.1 Å². The van der Waals surface area contributed by atoms with Crippen molar-refractivity contribution in [1.82, 2.24) is 10.2 Å². The van der Waals surface area contributed by atoms with E-state index in [0.29, 0.717) is 11.4 Å². The predicted molar refractivity (Wildman–Crippen MR) is 136 cm³/mol. The van der Waals surface area contributed by atoms with Gasteiger partial charge >= 0.3 is 0 Å². The van der Waals surface area contributed by atoms with Crippen molar-refractivity contribution in [2.75, 3.05) is 32.1 Å². The van der Waals surface area contributed by atoms with E-state index >= 15 is 0 Å². The highest BCUT2D eigenvalue weighted by atomic mass is 32.2. The van der Waals surface area contributed by atoms with Gasteiger partial charge < -0.3 is 11.1 Å². The minimum atomic E-state index is -0.135. The van der Waals surface area contributed by atoms with E-state index in [1.165, 1.54) is 26.5 Å². The van der Waals surface area contributed by atoms with E-state index < -0.39 is 0 Å². The van der Waals surface area contributed by atoms with Gasteiger partial charge in [0.2, 0.25) is 0 Å². The lowest BCUT2D eigenvalue weighted by Crippen LogP contribution is -2.42. The van der Waals surface area contributed by atoms with Gasteiger partial charge in [-0.15, -0.1) is 23.5 Å². The van der Waals surface area contributed by atoms with Crippen molar-refractivity contribution in [3.05, 3.63) is 87.9 Å². The summed E-state index contributed by atoms with van der Waals surface area (Å²) in [6.45, 7) is 4.79. The third kappa shape index (κ3) is 4.47. The van der Waals surface area contributed by atoms with Gasteiger partial charge in [-0.1, -0.05) is 31.2 Å². The Morgan fingerprint density at radius 3 is 2.25 bits per heavy atom. The fourth-order valence-electron chi connectivity index (χ4n) is 4.36. The SMILES string of the molecule is CCN1CC2=C(NC(N)=C(C#N)[C@@H]2c2ccc(SC)cc2)/C(=C\c2ccc(SC)cc2)C1. The van der Waals surface area contributed by atoms with Crippen LogP contribution in [0.5, 0.6) is 0 Å². The molecule has 0 saturated heterocycles. The van der Waals surface area contributed by atoms with E-state index in [1.807, 2.05) is 0 Å². The molecule has 0 spiro atoms. The molecule has 0 fully saturated rings. The van der Waals surface area contributed by atoms with E-state index in [-0.39, 0.29) is 5.92 Å². The van der Waals surface area contributed by atoms with Gasteiger partial charge in [0.15, 0.2) is 0 Å². The van der Waals surface area contributed by atoms with Gasteiger partial charge in [-0.05, 0) is 71.7 Å². The number of hydrogen-bond acceptors (Lipinski definition) is 6. The Labute approximate surface area is 199 Å². The summed E-state index contributed by atoms with van der Waals surface area (Å²) < 4.78 is 0. The highest BCUT2D eigenvalue weighted by Gasteiger charge is 2.35. The maximum absolute atomic E-state index is 9.97. The van der Waals surface area contributed by atoms with Gasteiger partial charge in [0, 0.05) is 34.5 Å². The molecule has 2 heterocycles. The van der Waals surface area contributed by atoms with Gasteiger partial charge in [0.1, 0.15) is 5.82 Å². The van der Waals surface area contributed by atoms with E-state index in [9.17, 15) is 5.26 Å². The Hall–Kier alpha value is -2.59. The largest absolute Gasteiger partial charge is 0.384 e. The summed E-state index contributed by atoms with van der Waals surface area (Å²) in [5.74, 6) is 0.322. The van der Waals surface area contributed by atoms with Crippen molar-refractivity contribution < 1.29 is 0 Å². The summed E-state index contributed by atoms with van der Waals surface area (Å²) in [6.07, 6.45) is 6.40. The first-order valence-electron chi connectivity index (χ1n) is 10.7. The van der Waals surface area contributed by atoms with Crippen LogP contribution in [-0.4, -0.2) is 37.0 Å². The Kier molecular flexibility index (Phi) is 7.00. The molecule has 4 rings (SSSR count). The van der Waals surface area contributed by atoms with Crippen LogP contribution >= 0.6 is 23.5 Å². The van der Waals surface area contributed by atoms with E-state index in [2.05, 4.69) is 90.3 Å². The number of dihydropyridines is 1. The molecule has 0 bridgehead atoms.